The van der Waals surface area contributed by atoms with Crippen LogP contribution in [0.1, 0.15) is 22.8 Å². The Hall–Kier alpha value is -2.77. The summed E-state index contributed by atoms with van der Waals surface area (Å²) in [6.45, 7) is 3.15. The molecular weight excluding hydrogens is 400 g/mol. The third-order valence-electron chi connectivity index (χ3n) is 5.53. The van der Waals surface area contributed by atoms with E-state index in [0.29, 0.717) is 29.8 Å². The summed E-state index contributed by atoms with van der Waals surface area (Å²) in [7, 11) is -1.19. The van der Waals surface area contributed by atoms with E-state index in [-0.39, 0.29) is 22.2 Å². The highest BCUT2D eigenvalue weighted by molar-refractivity contribution is 8.32. The van der Waals surface area contributed by atoms with E-state index >= 15 is 0 Å². The Morgan fingerprint density at radius 3 is 2.53 bits per heavy atom. The Labute approximate surface area is 176 Å². The molecular formula is C23H26N2O4S. The molecule has 0 unspecified atom stereocenters. The second kappa shape index (κ2) is 7.18. The van der Waals surface area contributed by atoms with Gasteiger partial charge in [-0.3, -0.25) is 9.59 Å². The van der Waals surface area contributed by atoms with E-state index in [4.69, 9.17) is 4.74 Å². The molecule has 0 aliphatic carbocycles. The number of carbonyl (C=O) groups is 1. The van der Waals surface area contributed by atoms with Crippen molar-refractivity contribution >= 4 is 32.5 Å². The summed E-state index contributed by atoms with van der Waals surface area (Å²) >= 11 is 0. The molecule has 0 atom stereocenters. The molecule has 1 aromatic heterocycles. The first-order valence-corrected chi connectivity index (χ1v) is 12.5. The molecule has 4 rings (SSSR count). The Kier molecular flexibility index (Phi) is 4.91. The van der Waals surface area contributed by atoms with Crippen molar-refractivity contribution in [1.82, 2.24) is 4.98 Å². The average Bonchev–Trinajstić information content (AvgIpc) is 2.65. The van der Waals surface area contributed by atoms with Gasteiger partial charge in [-0.15, -0.1) is 0 Å². The molecule has 6 nitrogen and oxygen atoms in total. The molecule has 1 aliphatic heterocycles. The minimum Gasteiger partial charge on any atom is -0.507 e. The number of benzene rings is 2. The van der Waals surface area contributed by atoms with E-state index in [2.05, 4.69) is 36.0 Å². The largest absolute Gasteiger partial charge is 0.507 e. The number of rotatable bonds is 4. The van der Waals surface area contributed by atoms with Gasteiger partial charge in [-0.2, -0.15) is 0 Å². The van der Waals surface area contributed by atoms with Gasteiger partial charge >= 0.3 is 0 Å². The zero-order chi connectivity index (χ0) is 21.7. The quantitative estimate of drug-likeness (QED) is 0.591. The van der Waals surface area contributed by atoms with Gasteiger partial charge in [0.25, 0.3) is 5.91 Å². The summed E-state index contributed by atoms with van der Waals surface area (Å²) in [6, 6.07) is 10.6. The van der Waals surface area contributed by atoms with Crippen molar-refractivity contribution in [1.29, 1.82) is 0 Å². The van der Waals surface area contributed by atoms with E-state index in [1.54, 1.807) is 24.3 Å². The highest BCUT2D eigenvalue weighted by Gasteiger charge is 2.38. The first-order valence-electron chi connectivity index (χ1n) is 9.65. The van der Waals surface area contributed by atoms with Gasteiger partial charge in [0.2, 0.25) is 5.43 Å². The zero-order valence-corrected chi connectivity index (χ0v) is 18.4. The van der Waals surface area contributed by atoms with Crippen LogP contribution in [0, 0.1) is 0 Å². The lowest BCUT2D eigenvalue weighted by Gasteiger charge is -2.41. The average molecular weight is 427 g/mol. The number of aromatic amines is 1. The van der Waals surface area contributed by atoms with Gasteiger partial charge in [0.15, 0.2) is 0 Å². The van der Waals surface area contributed by atoms with Crippen LogP contribution in [0.25, 0.3) is 10.9 Å². The number of carbonyl (C=O) groups excluding carboxylic acids is 1. The lowest BCUT2D eigenvalue weighted by Crippen LogP contribution is -2.44. The summed E-state index contributed by atoms with van der Waals surface area (Å²) in [5.41, 5.74) is 1.53. The van der Waals surface area contributed by atoms with E-state index < -0.39 is 15.9 Å². The number of H-pyrrole nitrogens is 1. The monoisotopic (exact) mass is 426 g/mol. The fourth-order valence-corrected chi connectivity index (χ4v) is 4.91. The Bertz CT molecular complexity index is 1210. The van der Waals surface area contributed by atoms with Crippen LogP contribution in [-0.4, -0.2) is 48.0 Å². The van der Waals surface area contributed by atoms with Gasteiger partial charge in [-0.05, 0) is 42.5 Å². The lowest BCUT2D eigenvalue weighted by atomic mass is 9.79. The number of amides is 1. The predicted molar refractivity (Wildman–Crippen MR) is 122 cm³/mol. The second-order valence-corrected chi connectivity index (χ2v) is 12.9. The van der Waals surface area contributed by atoms with Gasteiger partial charge in [-0.1, -0.05) is 19.1 Å². The smallest absolute Gasteiger partial charge is 0.261 e. The van der Waals surface area contributed by atoms with Crippen molar-refractivity contribution in [3.63, 3.8) is 0 Å². The van der Waals surface area contributed by atoms with Crippen molar-refractivity contribution in [3.8, 4) is 5.75 Å². The molecule has 3 aromatic rings. The van der Waals surface area contributed by atoms with Crippen molar-refractivity contribution in [3.05, 3.63) is 63.9 Å². The number of aromatic hydroxyl groups is 1. The number of anilines is 1. The van der Waals surface area contributed by atoms with E-state index in [0.717, 1.165) is 10.5 Å². The van der Waals surface area contributed by atoms with Crippen molar-refractivity contribution in [2.45, 2.75) is 17.2 Å². The van der Waals surface area contributed by atoms with Crippen LogP contribution < -0.4 is 10.7 Å². The van der Waals surface area contributed by atoms with Crippen LogP contribution in [-0.2, 0) is 10.2 Å². The van der Waals surface area contributed by atoms with E-state index in [9.17, 15) is 14.7 Å². The topological polar surface area (TPSA) is 91.4 Å². The SMILES string of the molecule is CC1(c2cc(S(C)(C)C)c(O)cc2NC(=O)c2c[nH]c3ccccc3c2=O)COC1. The third kappa shape index (κ3) is 3.48. The minimum absolute atomic E-state index is 0.0275. The number of hydrogen-bond donors (Lipinski definition) is 3. The number of fused-ring (bicyclic) bond motifs is 1. The van der Waals surface area contributed by atoms with Gasteiger partial charge in [0, 0.05) is 39.2 Å². The molecule has 0 bridgehead atoms. The van der Waals surface area contributed by atoms with Crippen LogP contribution in [0.2, 0.25) is 0 Å². The van der Waals surface area contributed by atoms with Crippen molar-refractivity contribution < 1.29 is 14.6 Å². The summed E-state index contributed by atoms with van der Waals surface area (Å²) in [4.78, 5) is 29.7. The van der Waals surface area contributed by atoms with Gasteiger partial charge in [0.1, 0.15) is 11.3 Å². The standard InChI is InChI=1S/C23H26N2O4S/c1-23(12-29-13-23)16-9-20(30(2,3)4)19(26)10-18(16)25-22(28)15-11-24-17-8-6-5-7-14(17)21(15)27/h5-11,26H,12-13H2,1-4H3,(H,24,27)(H,25,28). The number of aromatic nitrogens is 1. The molecule has 7 heteroatoms. The highest BCUT2D eigenvalue weighted by atomic mass is 32.3. The highest BCUT2D eigenvalue weighted by Crippen LogP contribution is 2.53. The molecule has 1 amide bonds. The maximum Gasteiger partial charge on any atom is 0.261 e. The molecule has 0 radical (unpaired) electrons. The fourth-order valence-electron chi connectivity index (χ4n) is 3.75. The molecule has 2 heterocycles. The number of nitrogens with one attached hydrogen (secondary N) is 2. The summed E-state index contributed by atoms with van der Waals surface area (Å²) in [5, 5.41) is 14.0. The number of para-hydroxylation sites is 1. The Balaban J connectivity index is 1.78. The molecule has 1 aliphatic rings. The molecule has 0 spiro atoms. The molecule has 30 heavy (non-hydrogen) atoms. The molecule has 3 N–H and O–H groups in total. The van der Waals surface area contributed by atoms with Gasteiger partial charge in [0.05, 0.1) is 13.2 Å². The number of hydrogen-bond acceptors (Lipinski definition) is 4. The summed E-state index contributed by atoms with van der Waals surface area (Å²) < 4.78 is 5.44. The summed E-state index contributed by atoms with van der Waals surface area (Å²) in [5.74, 6) is -0.366. The third-order valence-corrected chi connectivity index (χ3v) is 7.18. The van der Waals surface area contributed by atoms with Crippen LogP contribution >= 0.6 is 10.0 Å². The molecule has 158 valence electrons. The van der Waals surface area contributed by atoms with Crippen LogP contribution in [0.5, 0.6) is 5.75 Å². The van der Waals surface area contributed by atoms with Crippen LogP contribution in [0.15, 0.2) is 52.3 Å². The maximum absolute atomic E-state index is 13.0. The molecule has 1 fully saturated rings. The summed E-state index contributed by atoms with van der Waals surface area (Å²) in [6.07, 6.45) is 7.76. The van der Waals surface area contributed by atoms with E-state index in [1.807, 2.05) is 12.1 Å². The van der Waals surface area contributed by atoms with Crippen LogP contribution in [0.3, 0.4) is 0 Å². The van der Waals surface area contributed by atoms with Crippen molar-refractivity contribution in [2.24, 2.45) is 0 Å². The molecule has 1 saturated heterocycles. The molecule has 0 saturated carbocycles. The van der Waals surface area contributed by atoms with Gasteiger partial charge in [-0.25, -0.2) is 10.0 Å². The molecule has 2 aromatic carbocycles. The number of ether oxygens (including phenoxy) is 1. The first kappa shape index (κ1) is 20.5. The fraction of sp³-hybridized carbons (Fsp3) is 0.304. The predicted octanol–water partition coefficient (Wildman–Crippen LogP) is 3.83. The normalized spacial score (nSPS) is 16.1. The lowest BCUT2D eigenvalue weighted by molar-refractivity contribution is -0.0497. The number of phenolic OH excluding ortho intramolecular Hbond substituents is 1. The van der Waals surface area contributed by atoms with Crippen LogP contribution in [0.4, 0.5) is 5.69 Å². The Morgan fingerprint density at radius 2 is 1.90 bits per heavy atom. The minimum atomic E-state index is -1.19. The van der Waals surface area contributed by atoms with Crippen molar-refractivity contribution in [2.75, 3.05) is 37.3 Å². The second-order valence-electron chi connectivity index (χ2n) is 8.79. The number of phenols is 1. The number of pyridine rings is 1. The van der Waals surface area contributed by atoms with Gasteiger partial charge < -0.3 is 20.1 Å². The maximum atomic E-state index is 13.0. The first-order chi connectivity index (χ1) is 14.1. The zero-order valence-electron chi connectivity index (χ0n) is 17.5. The van der Waals surface area contributed by atoms with E-state index in [1.165, 1.54) is 6.20 Å². The Morgan fingerprint density at radius 1 is 1.20 bits per heavy atom.